The summed E-state index contributed by atoms with van der Waals surface area (Å²) in [5.41, 5.74) is -1.23. The molecule has 0 spiro atoms. The Balaban J connectivity index is 0.00000364. The predicted octanol–water partition coefficient (Wildman–Crippen LogP) is 3.02. The van der Waals surface area contributed by atoms with Crippen LogP contribution in [0.3, 0.4) is 0 Å². The predicted molar refractivity (Wildman–Crippen MR) is 110 cm³/mol. The summed E-state index contributed by atoms with van der Waals surface area (Å²) in [6.07, 6.45) is 1.49. The van der Waals surface area contributed by atoms with Gasteiger partial charge >= 0.3 is 0 Å². The van der Waals surface area contributed by atoms with Gasteiger partial charge in [-0.3, -0.25) is 0 Å². The number of nitrogens with one attached hydrogen (secondary N) is 2. The molecule has 0 amide bonds. The second kappa shape index (κ2) is 11.1. The van der Waals surface area contributed by atoms with E-state index < -0.39 is 17.2 Å². The molecule has 1 atom stereocenters. The van der Waals surface area contributed by atoms with Crippen LogP contribution in [0.25, 0.3) is 0 Å². The fourth-order valence-electron chi connectivity index (χ4n) is 2.14. The van der Waals surface area contributed by atoms with Crippen LogP contribution >= 0.6 is 24.0 Å². The van der Waals surface area contributed by atoms with E-state index in [2.05, 4.69) is 15.6 Å². The lowest BCUT2D eigenvalue weighted by Gasteiger charge is -2.19. The molecule has 3 N–H and O–H groups in total. The molecule has 1 aromatic carbocycles. The second-order valence-corrected chi connectivity index (χ2v) is 5.80. The fourth-order valence-corrected chi connectivity index (χ4v) is 2.14. The summed E-state index contributed by atoms with van der Waals surface area (Å²) in [7, 11) is 0. The number of hydrogen-bond donors (Lipinski definition) is 3. The molecular weight excluding hydrogens is 471 g/mol. The fraction of sp³-hybridized carbons (Fsp3) is 0.389. The average molecular weight is 495 g/mol. The highest BCUT2D eigenvalue weighted by Crippen LogP contribution is 2.21. The van der Waals surface area contributed by atoms with Gasteiger partial charge in [0.25, 0.3) is 0 Å². The maximum Gasteiger partial charge on any atom is 0.191 e. The zero-order valence-electron chi connectivity index (χ0n) is 15.2. The van der Waals surface area contributed by atoms with Crippen molar-refractivity contribution in [1.29, 1.82) is 0 Å². The molecule has 2 aromatic rings. The van der Waals surface area contributed by atoms with Crippen molar-refractivity contribution in [3.63, 3.8) is 0 Å². The van der Waals surface area contributed by atoms with Crippen molar-refractivity contribution in [1.82, 2.24) is 10.6 Å². The summed E-state index contributed by atoms with van der Waals surface area (Å²) in [6.45, 7) is 4.88. The van der Waals surface area contributed by atoms with Crippen molar-refractivity contribution in [3.05, 3.63) is 54.0 Å². The highest BCUT2D eigenvalue weighted by atomic mass is 127. The van der Waals surface area contributed by atoms with Crippen LogP contribution < -0.4 is 15.4 Å². The zero-order valence-corrected chi connectivity index (χ0v) is 17.5. The van der Waals surface area contributed by atoms with Gasteiger partial charge in [-0.15, -0.1) is 24.0 Å². The Bertz CT molecular complexity index is 725. The first-order chi connectivity index (χ1) is 12.4. The molecule has 0 aliphatic rings. The first kappa shape index (κ1) is 23.2. The molecule has 0 bridgehead atoms. The Morgan fingerprint density at radius 1 is 1.26 bits per heavy atom. The smallest absolute Gasteiger partial charge is 0.191 e. The van der Waals surface area contributed by atoms with Gasteiger partial charge in [0.05, 0.1) is 19.4 Å². The monoisotopic (exact) mass is 495 g/mol. The van der Waals surface area contributed by atoms with Gasteiger partial charge in [0.1, 0.15) is 23.7 Å². The van der Waals surface area contributed by atoms with E-state index >= 15 is 0 Å². The van der Waals surface area contributed by atoms with Gasteiger partial charge in [0, 0.05) is 12.6 Å². The van der Waals surface area contributed by atoms with Gasteiger partial charge in [-0.05, 0) is 38.1 Å². The number of halogens is 3. The molecule has 1 unspecified atom stereocenters. The molecule has 1 aromatic heterocycles. The largest absolute Gasteiger partial charge is 0.492 e. The van der Waals surface area contributed by atoms with Gasteiger partial charge in [-0.2, -0.15) is 0 Å². The number of aliphatic imine (C=N–C) groups is 1. The molecule has 0 saturated carbocycles. The van der Waals surface area contributed by atoms with E-state index in [1.165, 1.54) is 12.3 Å². The van der Waals surface area contributed by atoms with Crippen molar-refractivity contribution < 1.29 is 23.0 Å². The van der Waals surface area contributed by atoms with Crippen LogP contribution in [-0.4, -0.2) is 37.3 Å². The summed E-state index contributed by atoms with van der Waals surface area (Å²) in [5, 5.41) is 16.5. The minimum Gasteiger partial charge on any atom is -0.492 e. The number of furan rings is 1. The Morgan fingerprint density at radius 2 is 2.04 bits per heavy atom. The summed E-state index contributed by atoms with van der Waals surface area (Å²) in [4.78, 5) is 4.33. The maximum absolute atomic E-state index is 13.1. The third-order valence-electron chi connectivity index (χ3n) is 3.50. The number of nitrogens with zero attached hydrogens (tertiary/aromatic N) is 1. The normalized spacial score (nSPS) is 13.4. The molecule has 0 fully saturated rings. The first-order valence-electron chi connectivity index (χ1n) is 8.29. The molecule has 27 heavy (non-hydrogen) atoms. The zero-order chi connectivity index (χ0) is 19.0. The summed E-state index contributed by atoms with van der Waals surface area (Å²) >= 11 is 0. The third kappa shape index (κ3) is 7.33. The molecule has 0 radical (unpaired) electrons. The molecule has 150 valence electrons. The van der Waals surface area contributed by atoms with Crippen LogP contribution in [0.5, 0.6) is 5.75 Å². The van der Waals surface area contributed by atoms with Crippen molar-refractivity contribution >= 4 is 29.9 Å². The number of benzene rings is 1. The van der Waals surface area contributed by atoms with E-state index in [4.69, 9.17) is 9.15 Å². The molecule has 2 rings (SSSR count). The van der Waals surface area contributed by atoms with Gasteiger partial charge in [-0.1, -0.05) is 0 Å². The van der Waals surface area contributed by atoms with Crippen LogP contribution in [0, 0.1) is 11.6 Å². The quantitative estimate of drug-likeness (QED) is 0.227. The molecule has 9 heteroatoms. The molecule has 0 aliphatic heterocycles. The molecule has 1 heterocycles. The minimum atomic E-state index is -1.23. The SMILES string of the molecule is CCNC(=NCC(C)(O)c1ccco1)NCCOc1ccc(F)c(F)c1.I. The lowest BCUT2D eigenvalue weighted by Crippen LogP contribution is -2.40. The minimum absolute atomic E-state index is 0. The molecular formula is C18H24F2IN3O3. The van der Waals surface area contributed by atoms with Crippen LogP contribution in [0.4, 0.5) is 8.78 Å². The number of ether oxygens (including phenoxy) is 1. The van der Waals surface area contributed by atoms with E-state index in [-0.39, 0.29) is 42.9 Å². The van der Waals surface area contributed by atoms with Gasteiger partial charge in [0.15, 0.2) is 17.6 Å². The summed E-state index contributed by atoms with van der Waals surface area (Å²) < 4.78 is 36.6. The summed E-state index contributed by atoms with van der Waals surface area (Å²) in [5.74, 6) is -0.702. The lowest BCUT2D eigenvalue weighted by atomic mass is 10.0. The Labute approximate surface area is 174 Å². The van der Waals surface area contributed by atoms with Gasteiger partial charge < -0.3 is 24.9 Å². The van der Waals surface area contributed by atoms with Gasteiger partial charge in [0.2, 0.25) is 0 Å². The van der Waals surface area contributed by atoms with Gasteiger partial charge in [-0.25, -0.2) is 13.8 Å². The van der Waals surface area contributed by atoms with E-state index in [0.29, 0.717) is 24.8 Å². The number of guanidine groups is 1. The van der Waals surface area contributed by atoms with Crippen molar-refractivity contribution in [3.8, 4) is 5.75 Å². The lowest BCUT2D eigenvalue weighted by molar-refractivity contribution is 0.0437. The standard InChI is InChI=1S/C18H23F2N3O3.HI/c1-3-21-17(23-12-18(2,24)16-5-4-9-26-16)22-8-10-25-13-6-7-14(19)15(20)11-13;/h4-7,9,11,24H,3,8,10,12H2,1-2H3,(H2,21,22,23);1H. The molecule has 6 nitrogen and oxygen atoms in total. The molecule has 0 saturated heterocycles. The third-order valence-corrected chi connectivity index (χ3v) is 3.50. The molecule has 0 aliphatic carbocycles. The van der Waals surface area contributed by atoms with E-state index in [1.807, 2.05) is 6.92 Å². The number of aliphatic hydroxyl groups is 1. The number of rotatable bonds is 8. The Kier molecular flexibility index (Phi) is 9.50. The van der Waals surface area contributed by atoms with Crippen LogP contribution in [0.2, 0.25) is 0 Å². The highest BCUT2D eigenvalue weighted by molar-refractivity contribution is 14.0. The average Bonchev–Trinajstić information content (AvgIpc) is 3.15. The highest BCUT2D eigenvalue weighted by Gasteiger charge is 2.26. The maximum atomic E-state index is 13.1. The van der Waals surface area contributed by atoms with E-state index in [9.17, 15) is 13.9 Å². The summed E-state index contributed by atoms with van der Waals surface area (Å²) in [6, 6.07) is 6.76. The Morgan fingerprint density at radius 3 is 2.67 bits per heavy atom. The first-order valence-corrected chi connectivity index (χ1v) is 8.29. The Hall–Kier alpha value is -1.88. The topological polar surface area (TPSA) is 79.0 Å². The second-order valence-electron chi connectivity index (χ2n) is 5.80. The van der Waals surface area contributed by atoms with Crippen LogP contribution in [0.15, 0.2) is 46.0 Å². The van der Waals surface area contributed by atoms with Crippen molar-refractivity contribution in [2.24, 2.45) is 4.99 Å². The van der Waals surface area contributed by atoms with Crippen molar-refractivity contribution in [2.75, 3.05) is 26.2 Å². The van der Waals surface area contributed by atoms with E-state index in [0.717, 1.165) is 12.1 Å². The van der Waals surface area contributed by atoms with E-state index in [1.54, 1.807) is 19.1 Å². The van der Waals surface area contributed by atoms with Crippen molar-refractivity contribution in [2.45, 2.75) is 19.4 Å². The van der Waals surface area contributed by atoms with Crippen LogP contribution in [0.1, 0.15) is 19.6 Å². The van der Waals surface area contributed by atoms with Crippen LogP contribution in [-0.2, 0) is 5.60 Å². The number of hydrogen-bond acceptors (Lipinski definition) is 4.